The number of amides is 1. The molecule has 1 aliphatic heterocycles. The fraction of sp³-hybridized carbons (Fsp3) is 0.846. The maximum atomic E-state index is 12.7. The van der Waals surface area contributed by atoms with Crippen molar-refractivity contribution in [2.45, 2.75) is 44.0 Å². The number of carbonyl (C=O) groups is 2. The fourth-order valence-corrected chi connectivity index (χ4v) is 4.35. The van der Waals surface area contributed by atoms with Crippen molar-refractivity contribution in [1.82, 2.24) is 4.90 Å². The van der Waals surface area contributed by atoms with E-state index in [2.05, 4.69) is 0 Å². The van der Waals surface area contributed by atoms with E-state index in [4.69, 9.17) is 5.73 Å². The molecular formula is C13H22N2O3S. The molecule has 19 heavy (non-hydrogen) atoms. The van der Waals surface area contributed by atoms with Crippen molar-refractivity contribution >= 4 is 23.6 Å². The highest BCUT2D eigenvalue weighted by molar-refractivity contribution is 8.00. The average molecular weight is 286 g/mol. The van der Waals surface area contributed by atoms with Gasteiger partial charge in [0.1, 0.15) is 6.04 Å². The van der Waals surface area contributed by atoms with Crippen LogP contribution in [0, 0.1) is 11.8 Å². The van der Waals surface area contributed by atoms with Gasteiger partial charge < -0.3 is 15.7 Å². The number of hydrogen-bond donors (Lipinski definition) is 2. The summed E-state index contributed by atoms with van der Waals surface area (Å²) in [5.41, 5.74) is 5.77. The number of aliphatic carboxylic acids is 1. The Hall–Kier alpha value is -0.750. The van der Waals surface area contributed by atoms with E-state index in [1.165, 1.54) is 11.8 Å². The number of carboxylic acid groups (broad SMARTS) is 1. The van der Waals surface area contributed by atoms with Crippen molar-refractivity contribution in [1.29, 1.82) is 0 Å². The predicted octanol–water partition coefficient (Wildman–Crippen LogP) is 1.13. The van der Waals surface area contributed by atoms with Gasteiger partial charge >= 0.3 is 5.97 Å². The zero-order chi connectivity index (χ0) is 14.0. The molecule has 2 rings (SSSR count). The van der Waals surface area contributed by atoms with Crippen LogP contribution in [0.15, 0.2) is 0 Å². The molecule has 108 valence electrons. The van der Waals surface area contributed by atoms with Crippen molar-refractivity contribution in [2.24, 2.45) is 17.6 Å². The van der Waals surface area contributed by atoms with E-state index in [1.54, 1.807) is 4.90 Å². The molecule has 4 unspecified atom stereocenters. The van der Waals surface area contributed by atoms with E-state index in [0.29, 0.717) is 12.3 Å². The number of nitrogens with zero attached hydrogens (tertiary/aromatic N) is 1. The van der Waals surface area contributed by atoms with Gasteiger partial charge in [-0.2, -0.15) is 0 Å². The first-order chi connectivity index (χ1) is 9.06. The number of carbonyl (C=O) groups excluding carboxylic acids is 1. The summed E-state index contributed by atoms with van der Waals surface area (Å²) in [4.78, 5) is 25.5. The van der Waals surface area contributed by atoms with Crippen LogP contribution in [-0.4, -0.2) is 45.6 Å². The molecule has 0 aromatic rings. The monoisotopic (exact) mass is 286 g/mol. The minimum absolute atomic E-state index is 0.0000463. The largest absolute Gasteiger partial charge is 0.480 e. The van der Waals surface area contributed by atoms with Crippen LogP contribution in [0.2, 0.25) is 0 Å². The molecule has 0 spiro atoms. The normalized spacial score (nSPS) is 35.4. The molecule has 0 aromatic carbocycles. The Morgan fingerprint density at radius 1 is 1.37 bits per heavy atom. The Morgan fingerprint density at radius 3 is 2.68 bits per heavy atom. The Bertz CT molecular complexity index is 364. The SMILES string of the molecule is CC1SCC(C(=O)O)N1C(=O)C1CCCCC1CN. The first-order valence-corrected chi connectivity index (χ1v) is 7.97. The molecule has 2 fully saturated rings. The summed E-state index contributed by atoms with van der Waals surface area (Å²) in [5.74, 6) is -0.275. The maximum Gasteiger partial charge on any atom is 0.327 e. The topological polar surface area (TPSA) is 83.6 Å². The second kappa shape index (κ2) is 6.13. The van der Waals surface area contributed by atoms with Crippen LogP contribution in [0.4, 0.5) is 0 Å². The van der Waals surface area contributed by atoms with E-state index in [1.807, 2.05) is 6.92 Å². The van der Waals surface area contributed by atoms with E-state index in [9.17, 15) is 14.7 Å². The third-order valence-electron chi connectivity index (χ3n) is 4.29. The zero-order valence-electron chi connectivity index (χ0n) is 11.2. The molecule has 2 aliphatic rings. The van der Waals surface area contributed by atoms with Crippen molar-refractivity contribution in [3.05, 3.63) is 0 Å². The molecule has 1 aliphatic carbocycles. The van der Waals surface area contributed by atoms with Gasteiger partial charge in [-0.05, 0) is 32.2 Å². The minimum Gasteiger partial charge on any atom is -0.480 e. The minimum atomic E-state index is -0.898. The van der Waals surface area contributed by atoms with Gasteiger partial charge in [0.25, 0.3) is 0 Å². The maximum absolute atomic E-state index is 12.7. The number of hydrogen-bond acceptors (Lipinski definition) is 4. The third-order valence-corrected chi connectivity index (χ3v) is 5.51. The summed E-state index contributed by atoms with van der Waals surface area (Å²) in [7, 11) is 0. The average Bonchev–Trinajstić information content (AvgIpc) is 2.80. The summed E-state index contributed by atoms with van der Waals surface area (Å²) in [6.07, 6.45) is 4.00. The van der Waals surface area contributed by atoms with Crippen LogP contribution in [0.1, 0.15) is 32.6 Å². The second-order valence-corrected chi connectivity index (χ2v) is 6.77. The van der Waals surface area contributed by atoms with E-state index in [0.717, 1.165) is 25.7 Å². The quantitative estimate of drug-likeness (QED) is 0.812. The predicted molar refractivity (Wildman–Crippen MR) is 74.7 cm³/mol. The molecule has 1 saturated carbocycles. The number of nitrogens with two attached hydrogens (primary N) is 1. The van der Waals surface area contributed by atoms with Crippen LogP contribution < -0.4 is 5.73 Å². The Balaban J connectivity index is 2.14. The molecule has 5 nitrogen and oxygen atoms in total. The molecular weight excluding hydrogens is 264 g/mol. The highest BCUT2D eigenvalue weighted by atomic mass is 32.2. The van der Waals surface area contributed by atoms with E-state index < -0.39 is 12.0 Å². The number of thioether (sulfide) groups is 1. The van der Waals surface area contributed by atoms with Gasteiger partial charge in [-0.25, -0.2) is 4.79 Å². The summed E-state index contributed by atoms with van der Waals surface area (Å²) in [5, 5.41) is 9.19. The van der Waals surface area contributed by atoms with Gasteiger partial charge in [-0.15, -0.1) is 11.8 Å². The molecule has 0 radical (unpaired) electrons. The van der Waals surface area contributed by atoms with Gasteiger partial charge in [0, 0.05) is 11.7 Å². The Labute approximate surface area is 117 Å². The lowest BCUT2D eigenvalue weighted by Crippen LogP contribution is -2.49. The van der Waals surface area contributed by atoms with E-state index >= 15 is 0 Å². The smallest absolute Gasteiger partial charge is 0.327 e. The molecule has 1 saturated heterocycles. The summed E-state index contributed by atoms with van der Waals surface area (Å²) in [6.45, 7) is 2.43. The Kier molecular flexibility index (Phi) is 4.73. The van der Waals surface area contributed by atoms with Crippen molar-refractivity contribution < 1.29 is 14.7 Å². The van der Waals surface area contributed by atoms with Crippen LogP contribution in [0.25, 0.3) is 0 Å². The van der Waals surface area contributed by atoms with Crippen molar-refractivity contribution in [2.75, 3.05) is 12.3 Å². The molecule has 1 heterocycles. The zero-order valence-corrected chi connectivity index (χ0v) is 12.1. The van der Waals surface area contributed by atoms with Crippen molar-refractivity contribution in [3.63, 3.8) is 0 Å². The van der Waals surface area contributed by atoms with Crippen LogP contribution in [0.5, 0.6) is 0 Å². The Morgan fingerprint density at radius 2 is 2.05 bits per heavy atom. The second-order valence-electron chi connectivity index (χ2n) is 5.42. The first kappa shape index (κ1) is 14.7. The van der Waals surface area contributed by atoms with Gasteiger partial charge in [0.2, 0.25) is 5.91 Å². The van der Waals surface area contributed by atoms with Gasteiger partial charge in [0.05, 0.1) is 5.37 Å². The first-order valence-electron chi connectivity index (χ1n) is 6.93. The molecule has 0 aromatic heterocycles. The molecule has 4 atom stereocenters. The molecule has 0 bridgehead atoms. The summed E-state index contributed by atoms with van der Waals surface area (Å²) < 4.78 is 0. The van der Waals surface area contributed by atoms with Crippen LogP contribution in [-0.2, 0) is 9.59 Å². The number of carboxylic acids is 1. The summed E-state index contributed by atoms with van der Waals surface area (Å²) in [6, 6.07) is -0.673. The van der Waals surface area contributed by atoms with Crippen LogP contribution in [0.3, 0.4) is 0 Å². The highest BCUT2D eigenvalue weighted by Gasteiger charge is 2.43. The van der Waals surface area contributed by atoms with Gasteiger partial charge in [-0.1, -0.05) is 12.8 Å². The molecule has 3 N–H and O–H groups in total. The third kappa shape index (κ3) is 2.89. The van der Waals surface area contributed by atoms with Gasteiger partial charge in [0.15, 0.2) is 0 Å². The van der Waals surface area contributed by atoms with Crippen LogP contribution >= 0.6 is 11.8 Å². The molecule has 1 amide bonds. The summed E-state index contributed by atoms with van der Waals surface area (Å²) >= 11 is 1.54. The number of rotatable bonds is 3. The lowest BCUT2D eigenvalue weighted by molar-refractivity contribution is -0.152. The highest BCUT2D eigenvalue weighted by Crippen LogP contribution is 2.36. The lowest BCUT2D eigenvalue weighted by Gasteiger charge is -2.35. The van der Waals surface area contributed by atoms with Gasteiger partial charge in [-0.3, -0.25) is 4.79 Å². The fourth-order valence-electron chi connectivity index (χ4n) is 3.17. The lowest BCUT2D eigenvalue weighted by atomic mass is 9.78. The van der Waals surface area contributed by atoms with E-state index in [-0.39, 0.29) is 23.1 Å². The molecule has 6 heteroatoms. The van der Waals surface area contributed by atoms with Crippen molar-refractivity contribution in [3.8, 4) is 0 Å². The standard InChI is InChI=1S/C13H22N2O3S/c1-8-15(11(7-19-8)13(17)18)12(16)10-5-3-2-4-9(10)6-14/h8-11H,2-7,14H2,1H3,(H,17,18).